The molecule has 0 saturated heterocycles. The highest BCUT2D eigenvalue weighted by molar-refractivity contribution is 5.68. The zero-order valence-electron chi connectivity index (χ0n) is 21.4. The summed E-state index contributed by atoms with van der Waals surface area (Å²) in [6, 6.07) is 0. The van der Waals surface area contributed by atoms with Crippen LogP contribution in [0.15, 0.2) is 11.6 Å². The molecule has 4 heteroatoms. The lowest BCUT2D eigenvalue weighted by molar-refractivity contribution is -0.385. The van der Waals surface area contributed by atoms with Crippen LogP contribution < -0.4 is 0 Å². The Kier molecular flexibility index (Phi) is 6.87. The fraction of sp³-hybridized carbons (Fsp3) is 0.893. The van der Waals surface area contributed by atoms with E-state index in [4.69, 9.17) is 14.5 Å². The van der Waals surface area contributed by atoms with Gasteiger partial charge in [0.25, 0.3) is 0 Å². The van der Waals surface area contributed by atoms with Crippen molar-refractivity contribution in [1.29, 1.82) is 0 Å². The van der Waals surface area contributed by atoms with Gasteiger partial charge in [0.1, 0.15) is 6.10 Å². The summed E-state index contributed by atoms with van der Waals surface area (Å²) in [6.07, 6.45) is 15.7. The number of rotatable bonds is 6. The molecular formula is C28H46O4. The molecule has 0 aliphatic heterocycles. The lowest BCUT2D eigenvalue weighted by Gasteiger charge is -2.57. The molecule has 0 spiro atoms. The van der Waals surface area contributed by atoms with Crippen LogP contribution in [-0.4, -0.2) is 24.8 Å². The Balaban J connectivity index is 1.64. The Morgan fingerprint density at radius 1 is 1.09 bits per heavy atom. The van der Waals surface area contributed by atoms with Gasteiger partial charge in [-0.3, -0.25) is 4.79 Å². The molecule has 3 saturated carbocycles. The van der Waals surface area contributed by atoms with Gasteiger partial charge in [0.05, 0.1) is 12.7 Å². The fourth-order valence-electron chi connectivity index (χ4n) is 8.04. The number of ether oxygens (including phenoxy) is 1. The van der Waals surface area contributed by atoms with Crippen molar-refractivity contribution in [2.24, 2.45) is 34.5 Å². The van der Waals surface area contributed by atoms with Crippen LogP contribution in [0.3, 0.4) is 0 Å². The molecule has 0 N–H and O–H groups in total. The molecule has 0 aromatic rings. The van der Waals surface area contributed by atoms with Crippen molar-refractivity contribution >= 4 is 5.97 Å². The highest BCUT2D eigenvalue weighted by atomic mass is 17.2. The number of carbonyl (C=O) groups is 1. The van der Waals surface area contributed by atoms with Crippen LogP contribution in [0.2, 0.25) is 0 Å². The first-order chi connectivity index (χ1) is 15.1. The van der Waals surface area contributed by atoms with Crippen molar-refractivity contribution in [2.45, 2.75) is 117 Å². The molecule has 0 aromatic carbocycles. The predicted octanol–water partition coefficient (Wildman–Crippen LogP) is 7.02. The van der Waals surface area contributed by atoms with E-state index in [1.807, 2.05) is 0 Å². The summed E-state index contributed by atoms with van der Waals surface area (Å²) in [6.45, 7) is 11.2. The van der Waals surface area contributed by atoms with Crippen LogP contribution in [0.1, 0.15) is 105 Å². The van der Waals surface area contributed by atoms with Crippen molar-refractivity contribution in [1.82, 2.24) is 0 Å². The van der Waals surface area contributed by atoms with E-state index in [-0.39, 0.29) is 23.1 Å². The summed E-state index contributed by atoms with van der Waals surface area (Å²) in [5.41, 5.74) is 1.78. The molecule has 4 rings (SSSR count). The molecule has 0 amide bonds. The minimum atomic E-state index is -0.329. The maximum atomic E-state index is 11.7. The molecule has 6 unspecified atom stereocenters. The summed E-state index contributed by atoms with van der Waals surface area (Å²) >= 11 is 0. The van der Waals surface area contributed by atoms with E-state index in [2.05, 4.69) is 40.7 Å². The smallest absolute Gasteiger partial charge is 0.305 e. The predicted molar refractivity (Wildman–Crippen MR) is 127 cm³/mol. The third kappa shape index (κ3) is 4.31. The van der Waals surface area contributed by atoms with E-state index in [0.717, 1.165) is 18.8 Å². The largest absolute Gasteiger partial charge is 0.469 e. The quantitative estimate of drug-likeness (QED) is 0.190. The number of fused-ring (bicyclic) bond motifs is 5. The minimum absolute atomic E-state index is 0.0129. The van der Waals surface area contributed by atoms with Gasteiger partial charge in [0.15, 0.2) is 0 Å². The van der Waals surface area contributed by atoms with Crippen molar-refractivity contribution in [3.8, 4) is 0 Å². The summed E-state index contributed by atoms with van der Waals surface area (Å²) in [5, 5.41) is 0. The van der Waals surface area contributed by atoms with Crippen molar-refractivity contribution < 1.29 is 19.3 Å². The molecule has 7 atom stereocenters. The molecule has 0 radical (unpaired) electrons. The topological polar surface area (TPSA) is 44.8 Å². The Bertz CT molecular complexity index is 721. The van der Waals surface area contributed by atoms with Crippen molar-refractivity contribution in [3.05, 3.63) is 11.6 Å². The van der Waals surface area contributed by atoms with E-state index in [9.17, 15) is 4.79 Å². The van der Waals surface area contributed by atoms with Gasteiger partial charge in [-0.15, -0.1) is 0 Å². The second kappa shape index (κ2) is 9.06. The first-order valence-electron chi connectivity index (χ1n) is 13.2. The molecule has 4 aliphatic carbocycles. The highest BCUT2D eigenvalue weighted by Crippen LogP contribution is 2.66. The Labute approximate surface area is 195 Å². The zero-order valence-corrected chi connectivity index (χ0v) is 21.4. The Hall–Kier alpha value is -0.870. The van der Waals surface area contributed by atoms with E-state index in [1.165, 1.54) is 58.5 Å². The molecule has 0 heterocycles. The summed E-state index contributed by atoms with van der Waals surface area (Å²) in [5.74, 6) is 2.64. The Morgan fingerprint density at radius 3 is 2.59 bits per heavy atom. The Morgan fingerprint density at radius 2 is 1.88 bits per heavy atom. The van der Waals surface area contributed by atoms with Gasteiger partial charge in [0, 0.05) is 11.8 Å². The SMILES string of the molecule is COC(=O)CCCC1CCC2C3CCC4CCCCC4(C)C3=CC(OOC(C)(C)C)[C@]12C. The first kappa shape index (κ1) is 24.3. The molecule has 0 aromatic heterocycles. The van der Waals surface area contributed by atoms with E-state index in [0.29, 0.717) is 29.6 Å². The minimum Gasteiger partial charge on any atom is -0.469 e. The highest BCUT2D eigenvalue weighted by Gasteiger charge is 2.60. The molecule has 4 nitrogen and oxygen atoms in total. The third-order valence-corrected chi connectivity index (χ3v) is 9.78. The second-order valence-corrected chi connectivity index (χ2v) is 12.6. The fourth-order valence-corrected chi connectivity index (χ4v) is 8.04. The van der Waals surface area contributed by atoms with Crippen molar-refractivity contribution in [2.75, 3.05) is 7.11 Å². The molecule has 32 heavy (non-hydrogen) atoms. The monoisotopic (exact) mass is 446 g/mol. The molecule has 182 valence electrons. The maximum absolute atomic E-state index is 11.7. The number of esters is 1. The number of hydrogen-bond acceptors (Lipinski definition) is 4. The second-order valence-electron chi connectivity index (χ2n) is 12.6. The van der Waals surface area contributed by atoms with E-state index < -0.39 is 0 Å². The van der Waals surface area contributed by atoms with Gasteiger partial charge in [0.2, 0.25) is 0 Å². The molecule has 4 aliphatic rings. The van der Waals surface area contributed by atoms with Crippen LogP contribution >= 0.6 is 0 Å². The molecule has 0 bridgehead atoms. The van der Waals surface area contributed by atoms with Crippen LogP contribution in [0, 0.1) is 34.5 Å². The van der Waals surface area contributed by atoms with Crippen LogP contribution in [0.25, 0.3) is 0 Å². The van der Waals surface area contributed by atoms with Gasteiger partial charge >= 0.3 is 5.97 Å². The van der Waals surface area contributed by atoms with Gasteiger partial charge in [-0.1, -0.05) is 38.3 Å². The summed E-state index contributed by atoms with van der Waals surface area (Å²) < 4.78 is 4.88. The standard InChI is InChI=1S/C28H46O4/c1-26(2,3)32-31-24-18-23-21(15-13-19-10-7-8-17-27(19,23)4)22-16-14-20(28(22,24)5)11-9-12-25(29)30-6/h18-22,24H,7-17H2,1-6H3/t19?,20?,21?,22?,24?,27?,28-/m1/s1. The molecular weight excluding hydrogens is 400 g/mol. The van der Waals surface area contributed by atoms with Crippen LogP contribution in [-0.2, 0) is 19.3 Å². The summed E-state index contributed by atoms with van der Waals surface area (Å²) in [7, 11) is 1.48. The third-order valence-electron chi connectivity index (χ3n) is 9.78. The van der Waals surface area contributed by atoms with Crippen molar-refractivity contribution in [3.63, 3.8) is 0 Å². The lowest BCUT2D eigenvalue weighted by Crippen LogP contribution is -2.53. The van der Waals surface area contributed by atoms with Gasteiger partial charge in [-0.25, -0.2) is 9.78 Å². The summed E-state index contributed by atoms with van der Waals surface area (Å²) in [4.78, 5) is 24.0. The normalized spacial score (nSPS) is 41.3. The van der Waals surface area contributed by atoms with Gasteiger partial charge < -0.3 is 4.74 Å². The number of hydrogen-bond donors (Lipinski definition) is 0. The van der Waals surface area contributed by atoms with Gasteiger partial charge in [-0.05, 0) is 101 Å². The lowest BCUT2D eigenvalue weighted by atomic mass is 9.48. The van der Waals surface area contributed by atoms with Gasteiger partial charge in [-0.2, -0.15) is 0 Å². The maximum Gasteiger partial charge on any atom is 0.305 e. The van der Waals surface area contributed by atoms with E-state index in [1.54, 1.807) is 5.57 Å². The number of carbonyl (C=O) groups excluding carboxylic acids is 1. The average Bonchev–Trinajstić information content (AvgIpc) is 3.08. The zero-order chi connectivity index (χ0) is 23.1. The average molecular weight is 447 g/mol. The number of allylic oxidation sites excluding steroid dienone is 1. The van der Waals surface area contributed by atoms with Crippen LogP contribution in [0.5, 0.6) is 0 Å². The van der Waals surface area contributed by atoms with Crippen LogP contribution in [0.4, 0.5) is 0 Å². The first-order valence-corrected chi connectivity index (χ1v) is 13.2. The molecule has 3 fully saturated rings. The number of methoxy groups -OCH3 is 1. The van der Waals surface area contributed by atoms with E-state index >= 15 is 0 Å².